The lowest BCUT2D eigenvalue weighted by Gasteiger charge is -2.16. The van der Waals surface area contributed by atoms with Gasteiger partial charge in [0.05, 0.1) is 11.6 Å². The Morgan fingerprint density at radius 2 is 1.83 bits per heavy atom. The third-order valence-corrected chi connectivity index (χ3v) is 4.04. The van der Waals surface area contributed by atoms with E-state index in [1.165, 1.54) is 5.56 Å². The Labute approximate surface area is 147 Å². The van der Waals surface area contributed by atoms with Crippen molar-refractivity contribution >= 4 is 17.5 Å². The quantitative estimate of drug-likeness (QED) is 0.772. The van der Waals surface area contributed by atoms with Crippen molar-refractivity contribution in [2.24, 2.45) is 0 Å². The molecule has 2 aromatic rings. The first-order valence-corrected chi connectivity index (χ1v) is 8.24. The van der Waals surface area contributed by atoms with Gasteiger partial charge in [0.1, 0.15) is 18.1 Å². The highest BCUT2D eigenvalue weighted by Gasteiger charge is 2.15. The number of carbonyl (C=O) groups is 1. The molecular formula is C19H22ClNO3. The third-order valence-electron chi connectivity index (χ3n) is 3.72. The molecule has 0 saturated heterocycles. The van der Waals surface area contributed by atoms with Crippen LogP contribution in [-0.2, 0) is 4.79 Å². The molecule has 0 aromatic heterocycles. The minimum atomic E-state index is -0.634. The predicted molar refractivity (Wildman–Crippen MR) is 96.0 cm³/mol. The van der Waals surface area contributed by atoms with Crippen LogP contribution in [-0.4, -0.2) is 25.2 Å². The molecule has 0 fully saturated rings. The lowest BCUT2D eigenvalue weighted by Crippen LogP contribution is -2.38. The van der Waals surface area contributed by atoms with Crippen molar-refractivity contribution in [3.05, 3.63) is 58.6 Å². The van der Waals surface area contributed by atoms with Crippen LogP contribution in [0.1, 0.15) is 18.1 Å². The molecule has 128 valence electrons. The zero-order valence-electron chi connectivity index (χ0n) is 14.1. The topological polar surface area (TPSA) is 47.6 Å². The molecule has 0 spiro atoms. The SMILES string of the molecule is Cc1cccc(OCCNC(=O)[C@H](C)Oc2ccccc2Cl)c1C. The minimum absolute atomic E-state index is 0.209. The minimum Gasteiger partial charge on any atom is -0.491 e. The zero-order chi connectivity index (χ0) is 17.5. The summed E-state index contributed by atoms with van der Waals surface area (Å²) in [6.45, 7) is 6.54. The largest absolute Gasteiger partial charge is 0.491 e. The normalized spacial score (nSPS) is 11.7. The molecule has 5 heteroatoms. The van der Waals surface area contributed by atoms with Gasteiger partial charge >= 0.3 is 0 Å². The van der Waals surface area contributed by atoms with Crippen LogP contribution in [0.5, 0.6) is 11.5 Å². The molecule has 0 radical (unpaired) electrons. The monoisotopic (exact) mass is 347 g/mol. The van der Waals surface area contributed by atoms with Gasteiger partial charge < -0.3 is 14.8 Å². The number of benzene rings is 2. The van der Waals surface area contributed by atoms with Crippen LogP contribution in [0.25, 0.3) is 0 Å². The van der Waals surface area contributed by atoms with E-state index < -0.39 is 6.10 Å². The van der Waals surface area contributed by atoms with E-state index in [1.54, 1.807) is 19.1 Å². The van der Waals surface area contributed by atoms with E-state index in [1.807, 2.05) is 44.2 Å². The molecule has 1 atom stereocenters. The number of aryl methyl sites for hydroxylation is 1. The van der Waals surface area contributed by atoms with Crippen LogP contribution in [0, 0.1) is 13.8 Å². The lowest BCUT2D eigenvalue weighted by atomic mass is 10.1. The maximum atomic E-state index is 12.1. The maximum Gasteiger partial charge on any atom is 0.260 e. The number of ether oxygens (including phenoxy) is 2. The Kier molecular flexibility index (Phi) is 6.50. The van der Waals surface area contributed by atoms with Gasteiger partial charge in [-0.05, 0) is 50.1 Å². The molecule has 2 rings (SSSR count). The van der Waals surface area contributed by atoms with E-state index in [0.29, 0.717) is 23.9 Å². The summed E-state index contributed by atoms with van der Waals surface area (Å²) >= 11 is 6.02. The van der Waals surface area contributed by atoms with Crippen molar-refractivity contribution in [2.45, 2.75) is 26.9 Å². The molecule has 0 saturated carbocycles. The summed E-state index contributed by atoms with van der Waals surface area (Å²) in [4.78, 5) is 12.1. The summed E-state index contributed by atoms with van der Waals surface area (Å²) in [5.74, 6) is 1.12. The third kappa shape index (κ3) is 4.90. The van der Waals surface area contributed by atoms with Gasteiger partial charge in [-0.3, -0.25) is 4.79 Å². The summed E-state index contributed by atoms with van der Waals surface area (Å²) in [5.41, 5.74) is 2.29. The Hall–Kier alpha value is -2.20. The van der Waals surface area contributed by atoms with Gasteiger partial charge in [0.25, 0.3) is 5.91 Å². The van der Waals surface area contributed by atoms with Crippen molar-refractivity contribution < 1.29 is 14.3 Å². The number of hydrogen-bond donors (Lipinski definition) is 1. The fourth-order valence-corrected chi connectivity index (χ4v) is 2.32. The van der Waals surface area contributed by atoms with E-state index in [4.69, 9.17) is 21.1 Å². The van der Waals surface area contributed by atoms with E-state index in [9.17, 15) is 4.79 Å². The highest BCUT2D eigenvalue weighted by atomic mass is 35.5. The van der Waals surface area contributed by atoms with Crippen LogP contribution in [0.3, 0.4) is 0 Å². The van der Waals surface area contributed by atoms with Gasteiger partial charge in [-0.2, -0.15) is 0 Å². The second-order valence-corrected chi connectivity index (χ2v) is 5.94. The molecule has 0 bridgehead atoms. The second-order valence-electron chi connectivity index (χ2n) is 5.53. The van der Waals surface area contributed by atoms with Crippen molar-refractivity contribution in [3.63, 3.8) is 0 Å². The first-order chi connectivity index (χ1) is 11.5. The molecule has 4 nitrogen and oxygen atoms in total. The molecule has 0 unspecified atom stereocenters. The summed E-state index contributed by atoms with van der Waals surface area (Å²) in [5, 5.41) is 3.28. The van der Waals surface area contributed by atoms with Crippen molar-refractivity contribution in [2.75, 3.05) is 13.2 Å². The first-order valence-electron chi connectivity index (χ1n) is 7.87. The van der Waals surface area contributed by atoms with Crippen LogP contribution < -0.4 is 14.8 Å². The number of halogens is 1. The Morgan fingerprint density at radius 1 is 1.12 bits per heavy atom. The van der Waals surface area contributed by atoms with Gasteiger partial charge in [0.15, 0.2) is 6.10 Å². The van der Waals surface area contributed by atoms with Gasteiger partial charge in [0.2, 0.25) is 0 Å². The van der Waals surface area contributed by atoms with Gasteiger partial charge in [-0.25, -0.2) is 0 Å². The lowest BCUT2D eigenvalue weighted by molar-refractivity contribution is -0.127. The standard InChI is InChI=1S/C19H22ClNO3/c1-13-7-6-10-17(14(13)2)23-12-11-21-19(22)15(3)24-18-9-5-4-8-16(18)20/h4-10,15H,11-12H2,1-3H3,(H,21,22)/t15-/m0/s1. The van der Waals surface area contributed by atoms with E-state index in [2.05, 4.69) is 5.32 Å². The highest BCUT2D eigenvalue weighted by Crippen LogP contribution is 2.24. The van der Waals surface area contributed by atoms with Gasteiger partial charge in [-0.1, -0.05) is 35.9 Å². The van der Waals surface area contributed by atoms with Crippen LogP contribution >= 0.6 is 11.6 Å². The number of nitrogens with one attached hydrogen (secondary N) is 1. The van der Waals surface area contributed by atoms with E-state index in [0.717, 1.165) is 11.3 Å². The molecule has 0 aliphatic rings. The predicted octanol–water partition coefficient (Wildman–Crippen LogP) is 3.92. The summed E-state index contributed by atoms with van der Waals surface area (Å²) < 4.78 is 11.3. The Bertz CT molecular complexity index is 703. The number of amides is 1. The molecule has 1 N–H and O–H groups in total. The molecule has 2 aromatic carbocycles. The zero-order valence-corrected chi connectivity index (χ0v) is 14.9. The fourth-order valence-electron chi connectivity index (χ4n) is 2.14. The smallest absolute Gasteiger partial charge is 0.260 e. The van der Waals surface area contributed by atoms with E-state index >= 15 is 0 Å². The number of para-hydroxylation sites is 1. The number of carbonyl (C=O) groups excluding carboxylic acids is 1. The summed E-state index contributed by atoms with van der Waals surface area (Å²) in [6, 6.07) is 13.0. The van der Waals surface area contributed by atoms with Crippen molar-refractivity contribution in [3.8, 4) is 11.5 Å². The molecule has 0 heterocycles. The molecule has 0 aliphatic carbocycles. The number of hydrogen-bond acceptors (Lipinski definition) is 3. The van der Waals surface area contributed by atoms with E-state index in [-0.39, 0.29) is 5.91 Å². The van der Waals surface area contributed by atoms with Crippen LogP contribution in [0.15, 0.2) is 42.5 Å². The molecule has 1 amide bonds. The van der Waals surface area contributed by atoms with Crippen LogP contribution in [0.4, 0.5) is 0 Å². The van der Waals surface area contributed by atoms with Crippen molar-refractivity contribution in [1.29, 1.82) is 0 Å². The molecule has 0 aliphatic heterocycles. The van der Waals surface area contributed by atoms with Crippen LogP contribution in [0.2, 0.25) is 5.02 Å². The van der Waals surface area contributed by atoms with Gasteiger partial charge in [0, 0.05) is 0 Å². The number of rotatable bonds is 7. The highest BCUT2D eigenvalue weighted by molar-refractivity contribution is 6.32. The maximum absolute atomic E-state index is 12.1. The summed E-state index contributed by atoms with van der Waals surface area (Å²) in [7, 11) is 0. The molecule has 24 heavy (non-hydrogen) atoms. The first kappa shape index (κ1) is 18.1. The Balaban J connectivity index is 1.76. The average molecular weight is 348 g/mol. The van der Waals surface area contributed by atoms with Gasteiger partial charge in [-0.15, -0.1) is 0 Å². The van der Waals surface area contributed by atoms with Crippen molar-refractivity contribution in [1.82, 2.24) is 5.32 Å². The Morgan fingerprint density at radius 3 is 2.58 bits per heavy atom. The average Bonchev–Trinajstić information content (AvgIpc) is 2.57. The second kappa shape index (κ2) is 8.60. The summed E-state index contributed by atoms with van der Waals surface area (Å²) in [6.07, 6.45) is -0.634. The fraction of sp³-hybridized carbons (Fsp3) is 0.316. The molecular weight excluding hydrogens is 326 g/mol.